The largest absolute Gasteiger partial charge is 0.434 e. The van der Waals surface area contributed by atoms with Crippen molar-refractivity contribution in [2.75, 3.05) is 4.90 Å². The van der Waals surface area contributed by atoms with E-state index in [4.69, 9.17) is 9.40 Å². The Morgan fingerprint density at radius 2 is 1.14 bits per heavy atom. The molecule has 0 amide bonds. The van der Waals surface area contributed by atoms with E-state index in [0.29, 0.717) is 5.89 Å². The summed E-state index contributed by atoms with van der Waals surface area (Å²) in [6, 6.07) is 66.2. The van der Waals surface area contributed by atoms with Crippen LogP contribution in [0.4, 0.5) is 17.1 Å². The van der Waals surface area contributed by atoms with Gasteiger partial charge in [0.05, 0.1) is 16.7 Å². The van der Waals surface area contributed by atoms with Crippen LogP contribution in [0.25, 0.3) is 71.9 Å². The number of anilines is 3. The van der Waals surface area contributed by atoms with E-state index in [1.54, 1.807) is 0 Å². The highest BCUT2D eigenvalue weighted by Gasteiger charge is 2.20. The summed E-state index contributed by atoms with van der Waals surface area (Å²) in [6.07, 6.45) is 0. The topological polar surface area (TPSA) is 34.2 Å². The fourth-order valence-corrected chi connectivity index (χ4v) is 7.45. The lowest BCUT2D eigenvalue weighted by molar-refractivity contribution is 0.620. The van der Waals surface area contributed by atoms with Gasteiger partial charge in [-0.05, 0) is 101 Å². The molecule has 0 saturated carbocycles. The van der Waals surface area contributed by atoms with E-state index in [0.717, 1.165) is 45.0 Å². The van der Waals surface area contributed by atoms with E-state index in [9.17, 15) is 0 Å². The molecular weight excluding hydrogens is 623 g/mol. The van der Waals surface area contributed by atoms with Gasteiger partial charge >= 0.3 is 0 Å². The van der Waals surface area contributed by atoms with E-state index in [1.165, 1.54) is 38.1 Å². The van der Waals surface area contributed by atoms with Gasteiger partial charge in [-0.2, -0.15) is 0 Å². The van der Waals surface area contributed by atoms with Crippen molar-refractivity contribution >= 4 is 60.7 Å². The van der Waals surface area contributed by atoms with Crippen LogP contribution in [0.1, 0.15) is 0 Å². The quantitative estimate of drug-likeness (QED) is 0.179. The van der Waals surface area contributed by atoms with Gasteiger partial charge in [-0.25, -0.2) is 4.98 Å². The number of rotatable bonds is 6. The average Bonchev–Trinajstić information content (AvgIpc) is 3.80. The number of nitrogens with zero attached hydrogens (tertiary/aromatic N) is 3. The zero-order chi connectivity index (χ0) is 33.7. The second-order valence-electron chi connectivity index (χ2n) is 12.8. The minimum Gasteiger partial charge on any atom is -0.434 e. The van der Waals surface area contributed by atoms with Crippen LogP contribution in [0.3, 0.4) is 0 Å². The third-order valence-corrected chi connectivity index (χ3v) is 9.80. The Morgan fingerprint density at radius 3 is 1.94 bits per heavy atom. The molecule has 0 N–H and O–H groups in total. The monoisotopic (exact) mass is 653 g/mol. The van der Waals surface area contributed by atoms with Crippen molar-refractivity contribution in [2.24, 2.45) is 0 Å². The maximum absolute atomic E-state index is 6.49. The molecule has 2 heterocycles. The summed E-state index contributed by atoms with van der Waals surface area (Å²) in [5, 5.41) is 5.02. The standard InChI is InChI=1S/C47H31N3O/c1-4-14-34(15-5-1)47-48-41-21-12-22-44(46(41)51-47)49(36-16-6-2-7-17-36)38-27-23-32(24-28-38)35-26-29-42-40(31-35)45-39-20-11-10-13-33(39)25-30-43(45)50(42)37-18-8-3-9-19-37/h1-31H. The molecule has 0 radical (unpaired) electrons. The molecule has 0 aliphatic rings. The van der Waals surface area contributed by atoms with E-state index in [1.807, 2.05) is 48.5 Å². The lowest BCUT2D eigenvalue weighted by Crippen LogP contribution is -2.10. The number of aromatic nitrogens is 2. The SMILES string of the molecule is c1ccc(-c2nc3cccc(N(c4ccccc4)c4ccc(-c5ccc6c(c5)c5c7ccccc7ccc5n6-c5ccccc5)cc4)c3o2)cc1. The Hall–Kier alpha value is -6.91. The fourth-order valence-electron chi connectivity index (χ4n) is 7.45. The van der Waals surface area contributed by atoms with Gasteiger partial charge in [0.1, 0.15) is 5.52 Å². The molecule has 51 heavy (non-hydrogen) atoms. The molecule has 240 valence electrons. The van der Waals surface area contributed by atoms with Crippen molar-refractivity contribution in [3.63, 3.8) is 0 Å². The number of benzene rings is 8. The van der Waals surface area contributed by atoms with Gasteiger partial charge in [0.25, 0.3) is 0 Å². The lowest BCUT2D eigenvalue weighted by atomic mass is 10.00. The normalized spacial score (nSPS) is 11.5. The number of para-hydroxylation sites is 3. The van der Waals surface area contributed by atoms with Crippen LogP contribution in [0, 0.1) is 0 Å². The summed E-state index contributed by atoms with van der Waals surface area (Å²) in [6.45, 7) is 0. The first-order chi connectivity index (χ1) is 25.3. The molecule has 0 fully saturated rings. The maximum Gasteiger partial charge on any atom is 0.227 e. The number of hydrogen-bond donors (Lipinski definition) is 0. The molecule has 0 atom stereocenters. The van der Waals surface area contributed by atoms with Crippen LogP contribution in [0.5, 0.6) is 0 Å². The summed E-state index contributed by atoms with van der Waals surface area (Å²) < 4.78 is 8.87. The number of hydrogen-bond acceptors (Lipinski definition) is 3. The van der Waals surface area contributed by atoms with Gasteiger partial charge in [0.2, 0.25) is 5.89 Å². The van der Waals surface area contributed by atoms with Gasteiger partial charge in [0, 0.05) is 33.4 Å². The number of oxazole rings is 1. The first-order valence-electron chi connectivity index (χ1n) is 17.2. The third-order valence-electron chi connectivity index (χ3n) is 9.80. The minimum atomic E-state index is 0.609. The predicted octanol–water partition coefficient (Wildman–Crippen LogP) is 12.9. The van der Waals surface area contributed by atoms with E-state index in [2.05, 4.69) is 149 Å². The van der Waals surface area contributed by atoms with Crippen molar-refractivity contribution in [1.82, 2.24) is 9.55 Å². The molecule has 0 aliphatic carbocycles. The maximum atomic E-state index is 6.49. The van der Waals surface area contributed by atoms with E-state index in [-0.39, 0.29) is 0 Å². The molecule has 0 aliphatic heterocycles. The average molecular weight is 654 g/mol. The lowest BCUT2D eigenvalue weighted by Gasteiger charge is -2.25. The third kappa shape index (κ3) is 4.88. The molecule has 10 aromatic rings. The van der Waals surface area contributed by atoms with Gasteiger partial charge in [0.15, 0.2) is 5.58 Å². The Morgan fingerprint density at radius 1 is 0.471 bits per heavy atom. The summed E-state index contributed by atoms with van der Waals surface area (Å²) in [5.74, 6) is 0.609. The fraction of sp³-hybridized carbons (Fsp3) is 0. The molecule has 4 nitrogen and oxygen atoms in total. The molecule has 4 heteroatoms. The molecule has 0 saturated heterocycles. The summed E-state index contributed by atoms with van der Waals surface area (Å²) >= 11 is 0. The summed E-state index contributed by atoms with van der Waals surface area (Å²) in [7, 11) is 0. The molecule has 0 bridgehead atoms. The Kier molecular flexibility index (Phi) is 6.78. The second kappa shape index (κ2) is 11.9. The van der Waals surface area contributed by atoms with Crippen molar-refractivity contribution in [3.05, 3.63) is 188 Å². The first kappa shape index (κ1) is 29.0. The zero-order valence-electron chi connectivity index (χ0n) is 27.6. The van der Waals surface area contributed by atoms with Crippen LogP contribution in [0.15, 0.2) is 192 Å². The van der Waals surface area contributed by atoms with Gasteiger partial charge in [-0.1, -0.05) is 109 Å². The van der Waals surface area contributed by atoms with Crippen LogP contribution >= 0.6 is 0 Å². The molecule has 8 aromatic carbocycles. The molecule has 2 aromatic heterocycles. The van der Waals surface area contributed by atoms with Crippen molar-refractivity contribution in [1.29, 1.82) is 0 Å². The highest BCUT2D eigenvalue weighted by molar-refractivity contribution is 6.21. The molecule has 10 rings (SSSR count). The Bertz CT molecular complexity index is 2840. The Balaban J connectivity index is 1.11. The molecular formula is C47H31N3O. The van der Waals surface area contributed by atoms with E-state index < -0.39 is 0 Å². The van der Waals surface area contributed by atoms with Crippen molar-refractivity contribution in [2.45, 2.75) is 0 Å². The first-order valence-corrected chi connectivity index (χ1v) is 17.2. The van der Waals surface area contributed by atoms with Gasteiger partial charge in [-0.15, -0.1) is 0 Å². The van der Waals surface area contributed by atoms with Crippen LogP contribution in [-0.4, -0.2) is 9.55 Å². The van der Waals surface area contributed by atoms with Gasteiger partial charge < -0.3 is 13.9 Å². The molecule has 0 unspecified atom stereocenters. The summed E-state index contributed by atoms with van der Waals surface area (Å²) in [4.78, 5) is 7.10. The van der Waals surface area contributed by atoms with E-state index >= 15 is 0 Å². The predicted molar refractivity (Wildman–Crippen MR) is 211 cm³/mol. The van der Waals surface area contributed by atoms with Gasteiger partial charge in [-0.3, -0.25) is 0 Å². The van der Waals surface area contributed by atoms with Crippen LogP contribution in [0.2, 0.25) is 0 Å². The van der Waals surface area contributed by atoms with Crippen LogP contribution in [-0.2, 0) is 0 Å². The minimum absolute atomic E-state index is 0.609. The zero-order valence-corrected chi connectivity index (χ0v) is 27.6. The Labute approximate surface area is 295 Å². The molecule has 0 spiro atoms. The highest BCUT2D eigenvalue weighted by Crippen LogP contribution is 2.42. The van der Waals surface area contributed by atoms with Crippen LogP contribution < -0.4 is 4.90 Å². The van der Waals surface area contributed by atoms with Crippen molar-refractivity contribution < 1.29 is 4.42 Å². The smallest absolute Gasteiger partial charge is 0.227 e. The number of fused-ring (bicyclic) bond motifs is 6. The highest BCUT2D eigenvalue weighted by atomic mass is 16.3. The second-order valence-corrected chi connectivity index (χ2v) is 12.8. The van der Waals surface area contributed by atoms with Crippen molar-refractivity contribution in [3.8, 4) is 28.3 Å². The summed E-state index contributed by atoms with van der Waals surface area (Å²) in [5.41, 5.74) is 11.4.